The molecule has 0 unspecified atom stereocenters. The van der Waals surface area contributed by atoms with Gasteiger partial charge in [-0.1, -0.05) is 36.4 Å². The molecule has 0 atom stereocenters. The van der Waals surface area contributed by atoms with Crippen molar-refractivity contribution in [1.82, 2.24) is 9.16 Å². The van der Waals surface area contributed by atoms with Gasteiger partial charge in [-0.15, -0.1) is 0 Å². The number of para-hydroxylation sites is 2. The Morgan fingerprint density at radius 2 is 1.00 bits per heavy atom. The molecule has 0 aliphatic rings. The van der Waals surface area contributed by atoms with Gasteiger partial charge in [-0.25, -0.2) is 0 Å². The van der Waals surface area contributed by atoms with E-state index >= 15 is 0 Å². The van der Waals surface area contributed by atoms with Crippen molar-refractivity contribution in [2.75, 3.05) is 0 Å². The number of hydrogen-bond donors (Lipinski definition) is 2. The van der Waals surface area contributed by atoms with E-state index in [4.69, 9.17) is 18.8 Å². The molecule has 0 radical (unpaired) electrons. The van der Waals surface area contributed by atoms with Crippen LogP contribution in [0, 0.1) is 0 Å². The van der Waals surface area contributed by atoms with Crippen LogP contribution in [0.4, 0.5) is 0 Å². The first-order valence-corrected chi connectivity index (χ1v) is 8.99. The zero-order valence-electron chi connectivity index (χ0n) is 11.8. The normalized spacial score (nSPS) is 12.3. The molecule has 24 heavy (non-hydrogen) atoms. The molecular formula is C12H12N2O8S2. The molecule has 0 bridgehead atoms. The quantitative estimate of drug-likeness (QED) is 0.538. The first-order chi connectivity index (χ1) is 11.2. The monoisotopic (exact) mass is 376 g/mol. The molecule has 0 fully saturated rings. The molecule has 0 saturated carbocycles. The minimum atomic E-state index is -5.49. The minimum Gasteiger partial charge on any atom is -0.356 e. The molecule has 2 aromatic rings. The molecule has 0 saturated heterocycles. The van der Waals surface area contributed by atoms with Crippen molar-refractivity contribution >= 4 is 20.6 Å². The predicted molar refractivity (Wildman–Crippen MR) is 80.9 cm³/mol. The van der Waals surface area contributed by atoms with Gasteiger partial charge in [0.25, 0.3) is 0 Å². The molecule has 0 spiro atoms. The van der Waals surface area contributed by atoms with Crippen molar-refractivity contribution in [2.45, 2.75) is 0 Å². The van der Waals surface area contributed by atoms with E-state index in [1.807, 2.05) is 0 Å². The van der Waals surface area contributed by atoms with Crippen molar-refractivity contribution in [1.29, 1.82) is 0 Å². The van der Waals surface area contributed by atoms with Crippen LogP contribution >= 0.6 is 0 Å². The van der Waals surface area contributed by atoms with Crippen LogP contribution in [0.15, 0.2) is 60.7 Å². The summed E-state index contributed by atoms with van der Waals surface area (Å²) in [7, 11) is -11.0. The van der Waals surface area contributed by atoms with E-state index in [0.29, 0.717) is 0 Å². The molecule has 0 amide bonds. The summed E-state index contributed by atoms with van der Waals surface area (Å²) in [5.74, 6) is -0.0727. The Labute approximate surface area is 138 Å². The van der Waals surface area contributed by atoms with E-state index in [9.17, 15) is 16.8 Å². The molecule has 2 N–H and O–H groups in total. The number of hydrogen-bond acceptors (Lipinski definition) is 7. The Bertz CT molecular complexity index is 798. The average molecular weight is 376 g/mol. The summed E-state index contributed by atoms with van der Waals surface area (Å²) in [6, 6.07) is 14.7. The van der Waals surface area contributed by atoms with Crippen molar-refractivity contribution in [3.05, 3.63) is 60.7 Å². The number of nitrogens with zero attached hydrogens (tertiary/aromatic N) is 2. The third kappa shape index (κ3) is 4.89. The van der Waals surface area contributed by atoms with E-state index in [2.05, 4.69) is 0 Å². The zero-order chi connectivity index (χ0) is 17.8. The van der Waals surface area contributed by atoms with Crippen molar-refractivity contribution < 1.29 is 35.6 Å². The predicted octanol–water partition coefficient (Wildman–Crippen LogP) is 1.10. The van der Waals surface area contributed by atoms with Crippen molar-refractivity contribution in [3.8, 4) is 11.5 Å². The number of benzene rings is 2. The molecule has 0 heterocycles. The second-order valence-electron chi connectivity index (χ2n) is 4.18. The van der Waals surface area contributed by atoms with Crippen LogP contribution in [0.1, 0.15) is 0 Å². The van der Waals surface area contributed by atoms with Gasteiger partial charge in [0.05, 0.1) is 3.82 Å². The lowest BCUT2D eigenvalue weighted by atomic mass is 10.3. The molecule has 2 aromatic carbocycles. The zero-order valence-corrected chi connectivity index (χ0v) is 13.5. The van der Waals surface area contributed by atoms with Gasteiger partial charge in [-0.3, -0.25) is 9.11 Å². The van der Waals surface area contributed by atoms with Gasteiger partial charge in [0.2, 0.25) is 0 Å². The van der Waals surface area contributed by atoms with E-state index in [0.717, 1.165) is 0 Å². The second kappa shape index (κ2) is 7.12. The topological polar surface area (TPSA) is 134 Å². The van der Waals surface area contributed by atoms with Gasteiger partial charge >= 0.3 is 20.6 Å². The minimum absolute atomic E-state index is 0.0364. The fraction of sp³-hybridized carbons (Fsp3) is 0. The molecule has 10 nitrogen and oxygen atoms in total. The smallest absolute Gasteiger partial charge is 0.356 e. The van der Waals surface area contributed by atoms with E-state index in [1.165, 1.54) is 48.5 Å². The Kier molecular flexibility index (Phi) is 5.38. The highest BCUT2D eigenvalue weighted by Crippen LogP contribution is 2.20. The average Bonchev–Trinajstić information content (AvgIpc) is 2.46. The maximum atomic E-state index is 11.3. The van der Waals surface area contributed by atoms with Gasteiger partial charge in [0, 0.05) is 0 Å². The van der Waals surface area contributed by atoms with Gasteiger partial charge in [0.15, 0.2) is 11.5 Å². The standard InChI is InChI=1S/C12H12N2O8S2/c15-23(16,17)14(24(18,19)20)13(21-11-7-3-1-4-8-11)22-12-9-5-2-6-10-12/h1-10H,(H,15,16,17)(H,18,19,20). The van der Waals surface area contributed by atoms with E-state index in [1.54, 1.807) is 12.1 Å². The Morgan fingerprint density at radius 3 is 1.29 bits per heavy atom. The van der Waals surface area contributed by atoms with Crippen LogP contribution in [0.2, 0.25) is 0 Å². The molecule has 12 heteroatoms. The number of rotatable bonds is 7. The second-order valence-corrected chi connectivity index (χ2v) is 6.89. The van der Waals surface area contributed by atoms with Gasteiger partial charge in [0.1, 0.15) is 5.34 Å². The van der Waals surface area contributed by atoms with E-state index < -0.39 is 24.4 Å². The Hall–Kier alpha value is -2.22. The lowest BCUT2D eigenvalue weighted by Gasteiger charge is -2.26. The summed E-state index contributed by atoms with van der Waals surface area (Å²) in [5.41, 5.74) is 0. The van der Waals surface area contributed by atoms with Crippen LogP contribution in [0.3, 0.4) is 0 Å². The maximum absolute atomic E-state index is 11.3. The molecule has 0 aliphatic carbocycles. The highest BCUT2D eigenvalue weighted by atomic mass is 32.3. The van der Waals surface area contributed by atoms with Crippen LogP contribution in [-0.2, 0) is 20.6 Å². The first kappa shape index (κ1) is 18.1. The maximum Gasteiger partial charge on any atom is 0.370 e. The highest BCUT2D eigenvalue weighted by molar-refractivity contribution is 7.98. The van der Waals surface area contributed by atoms with Crippen molar-refractivity contribution in [3.63, 3.8) is 0 Å². The van der Waals surface area contributed by atoms with Crippen molar-refractivity contribution in [2.24, 2.45) is 0 Å². The molecule has 0 aromatic heterocycles. The SMILES string of the molecule is O=S(=O)(O)N(N(Oc1ccccc1)Oc1ccccc1)S(=O)(=O)O. The van der Waals surface area contributed by atoms with Crippen LogP contribution in [0.5, 0.6) is 11.5 Å². The summed E-state index contributed by atoms with van der Waals surface area (Å²) in [4.78, 5) is 9.98. The molecule has 2 rings (SSSR count). The fourth-order valence-electron chi connectivity index (χ4n) is 1.52. The third-order valence-corrected chi connectivity index (χ3v) is 4.57. The summed E-state index contributed by atoms with van der Waals surface area (Å²) in [6.07, 6.45) is 0. The molecule has 130 valence electrons. The lowest BCUT2D eigenvalue weighted by molar-refractivity contribution is -0.321. The lowest BCUT2D eigenvalue weighted by Crippen LogP contribution is -2.52. The summed E-state index contributed by atoms with van der Waals surface area (Å²) in [6.45, 7) is 0. The van der Waals surface area contributed by atoms with E-state index in [-0.39, 0.29) is 16.8 Å². The Morgan fingerprint density at radius 1 is 0.667 bits per heavy atom. The van der Waals surface area contributed by atoms with Crippen LogP contribution in [0.25, 0.3) is 0 Å². The largest absolute Gasteiger partial charge is 0.370 e. The Balaban J connectivity index is 2.44. The molecule has 0 aliphatic heterocycles. The van der Waals surface area contributed by atoms with Crippen LogP contribution in [-0.4, -0.2) is 35.1 Å². The third-order valence-electron chi connectivity index (χ3n) is 2.38. The fourth-order valence-corrected chi connectivity index (χ4v) is 2.94. The van der Waals surface area contributed by atoms with Gasteiger partial charge in [-0.2, -0.15) is 16.8 Å². The van der Waals surface area contributed by atoms with Gasteiger partial charge < -0.3 is 9.68 Å². The summed E-state index contributed by atoms with van der Waals surface area (Å²) >= 11 is 0. The first-order valence-electron chi connectivity index (χ1n) is 6.19. The number of hydrazine groups is 1. The summed E-state index contributed by atoms with van der Waals surface area (Å²) in [5, 5.41) is -0.185. The van der Waals surface area contributed by atoms with Gasteiger partial charge in [-0.05, 0) is 24.3 Å². The highest BCUT2D eigenvalue weighted by Gasteiger charge is 2.42. The molecular weight excluding hydrogens is 364 g/mol. The summed E-state index contributed by atoms with van der Waals surface area (Å²) < 4.78 is 62.7. The van der Waals surface area contributed by atoms with Crippen LogP contribution < -0.4 is 9.68 Å².